The summed E-state index contributed by atoms with van der Waals surface area (Å²) >= 11 is 0. The van der Waals surface area contributed by atoms with Crippen LogP contribution in [0.4, 0.5) is 0 Å². The normalized spacial score (nSPS) is 10.4. The lowest BCUT2D eigenvalue weighted by molar-refractivity contribution is 0.294. The summed E-state index contributed by atoms with van der Waals surface area (Å²) in [7, 11) is 3.63. The minimum atomic E-state index is 0.512. The van der Waals surface area contributed by atoms with Gasteiger partial charge in [-0.3, -0.25) is 0 Å². The number of ether oxygens (including phenoxy) is 2. The van der Waals surface area contributed by atoms with Crippen LogP contribution in [0.15, 0.2) is 42.5 Å². The Bertz CT molecular complexity index is 581. The maximum atomic E-state index is 5.99. The first-order valence-electron chi connectivity index (χ1n) is 7.29. The molecule has 3 heteroatoms. The highest BCUT2D eigenvalue weighted by Gasteiger charge is 2.07. The van der Waals surface area contributed by atoms with Gasteiger partial charge < -0.3 is 14.8 Å². The highest BCUT2D eigenvalue weighted by molar-refractivity contribution is 5.38. The lowest BCUT2D eigenvalue weighted by Crippen LogP contribution is -2.07. The Kier molecular flexibility index (Phi) is 5.64. The minimum absolute atomic E-state index is 0.512. The molecule has 3 nitrogen and oxygen atoms in total. The van der Waals surface area contributed by atoms with Gasteiger partial charge in [0, 0.05) is 12.1 Å². The van der Waals surface area contributed by atoms with Crippen LogP contribution < -0.4 is 14.8 Å². The van der Waals surface area contributed by atoms with Gasteiger partial charge in [-0.2, -0.15) is 0 Å². The lowest BCUT2D eigenvalue weighted by atomic mass is 10.1. The van der Waals surface area contributed by atoms with E-state index in [-0.39, 0.29) is 0 Å². The Morgan fingerprint density at radius 2 is 1.81 bits per heavy atom. The third-order valence-corrected chi connectivity index (χ3v) is 3.46. The van der Waals surface area contributed by atoms with E-state index in [0.29, 0.717) is 6.61 Å². The van der Waals surface area contributed by atoms with Crippen LogP contribution in [0.3, 0.4) is 0 Å². The van der Waals surface area contributed by atoms with Gasteiger partial charge in [-0.05, 0) is 42.8 Å². The van der Waals surface area contributed by atoms with Gasteiger partial charge in [-0.25, -0.2) is 0 Å². The zero-order valence-corrected chi connectivity index (χ0v) is 13.0. The largest absolute Gasteiger partial charge is 0.496 e. The van der Waals surface area contributed by atoms with E-state index in [1.165, 1.54) is 11.1 Å². The fourth-order valence-corrected chi connectivity index (χ4v) is 2.35. The lowest BCUT2D eigenvalue weighted by Gasteiger charge is -2.14. The molecule has 0 aliphatic heterocycles. The molecule has 0 spiro atoms. The molecule has 2 aromatic rings. The molecule has 0 aliphatic carbocycles. The van der Waals surface area contributed by atoms with Gasteiger partial charge in [0.25, 0.3) is 0 Å². The molecule has 2 aromatic carbocycles. The molecule has 0 heterocycles. The van der Waals surface area contributed by atoms with Crippen LogP contribution >= 0.6 is 0 Å². The molecule has 0 saturated heterocycles. The molecule has 1 N–H and O–H groups in total. The van der Waals surface area contributed by atoms with E-state index < -0.39 is 0 Å². The fraction of sp³-hybridized carbons (Fsp3) is 0.333. The Balaban J connectivity index is 2.16. The molecule has 0 fully saturated rings. The van der Waals surface area contributed by atoms with Gasteiger partial charge in [0.2, 0.25) is 0 Å². The summed E-state index contributed by atoms with van der Waals surface area (Å²) < 4.78 is 11.4. The molecule has 0 atom stereocenters. The SMILES string of the molecule is CCc1ccccc1OCc1cc(CNC)ccc1OC. The van der Waals surface area contributed by atoms with Crippen molar-refractivity contribution >= 4 is 0 Å². The fourth-order valence-electron chi connectivity index (χ4n) is 2.35. The molecule has 0 radical (unpaired) electrons. The van der Waals surface area contributed by atoms with Crippen molar-refractivity contribution in [3.63, 3.8) is 0 Å². The number of benzene rings is 2. The average molecular weight is 285 g/mol. The van der Waals surface area contributed by atoms with Crippen molar-refractivity contribution in [2.75, 3.05) is 14.2 Å². The van der Waals surface area contributed by atoms with Crippen molar-refractivity contribution in [3.8, 4) is 11.5 Å². The monoisotopic (exact) mass is 285 g/mol. The predicted molar refractivity (Wildman–Crippen MR) is 85.9 cm³/mol. The van der Waals surface area contributed by atoms with E-state index in [4.69, 9.17) is 9.47 Å². The number of hydrogen-bond acceptors (Lipinski definition) is 3. The van der Waals surface area contributed by atoms with Gasteiger partial charge in [0.1, 0.15) is 18.1 Å². The van der Waals surface area contributed by atoms with Crippen LogP contribution in [0, 0.1) is 0 Å². The first kappa shape index (κ1) is 15.4. The third kappa shape index (κ3) is 3.99. The summed E-state index contributed by atoms with van der Waals surface area (Å²) in [6.45, 7) is 3.48. The number of nitrogens with one attached hydrogen (secondary N) is 1. The molecule has 0 aliphatic rings. The topological polar surface area (TPSA) is 30.5 Å². The summed E-state index contributed by atoms with van der Waals surface area (Å²) in [6.07, 6.45) is 0.965. The highest BCUT2D eigenvalue weighted by atomic mass is 16.5. The van der Waals surface area contributed by atoms with E-state index in [9.17, 15) is 0 Å². The number of rotatable bonds is 7. The molecule has 0 aromatic heterocycles. The van der Waals surface area contributed by atoms with Gasteiger partial charge in [0.15, 0.2) is 0 Å². The Labute approximate surface area is 126 Å². The Morgan fingerprint density at radius 1 is 1.00 bits per heavy atom. The third-order valence-electron chi connectivity index (χ3n) is 3.46. The van der Waals surface area contributed by atoms with Crippen LogP contribution in [0.25, 0.3) is 0 Å². The van der Waals surface area contributed by atoms with Crippen molar-refractivity contribution in [3.05, 3.63) is 59.2 Å². The van der Waals surface area contributed by atoms with Gasteiger partial charge in [-0.1, -0.05) is 31.2 Å². The second-order valence-electron chi connectivity index (χ2n) is 4.93. The van der Waals surface area contributed by atoms with Crippen LogP contribution in [0.1, 0.15) is 23.6 Å². The van der Waals surface area contributed by atoms with Crippen LogP contribution in [-0.4, -0.2) is 14.2 Å². The molecule has 0 bridgehead atoms. The summed E-state index contributed by atoms with van der Waals surface area (Å²) in [5, 5.41) is 3.16. The summed E-state index contributed by atoms with van der Waals surface area (Å²) in [4.78, 5) is 0. The van der Waals surface area contributed by atoms with Crippen molar-refractivity contribution in [1.82, 2.24) is 5.32 Å². The van der Waals surface area contributed by atoms with Gasteiger partial charge in [-0.15, -0.1) is 0 Å². The summed E-state index contributed by atoms with van der Waals surface area (Å²) in [5.74, 6) is 1.81. The van der Waals surface area contributed by atoms with Crippen molar-refractivity contribution in [2.24, 2.45) is 0 Å². The molecular formula is C18H23NO2. The first-order chi connectivity index (χ1) is 10.3. The van der Waals surface area contributed by atoms with E-state index in [0.717, 1.165) is 30.0 Å². The second kappa shape index (κ2) is 7.70. The van der Waals surface area contributed by atoms with E-state index in [1.807, 2.05) is 31.3 Å². The highest BCUT2D eigenvalue weighted by Crippen LogP contribution is 2.24. The van der Waals surface area contributed by atoms with Crippen LogP contribution in [0.2, 0.25) is 0 Å². The minimum Gasteiger partial charge on any atom is -0.496 e. The zero-order chi connectivity index (χ0) is 15.1. The first-order valence-corrected chi connectivity index (χ1v) is 7.29. The Hall–Kier alpha value is -2.00. The van der Waals surface area contributed by atoms with Gasteiger partial charge in [0.05, 0.1) is 7.11 Å². The molecule has 0 amide bonds. The average Bonchev–Trinajstić information content (AvgIpc) is 2.53. The molecule has 0 saturated carbocycles. The maximum absolute atomic E-state index is 5.99. The second-order valence-corrected chi connectivity index (χ2v) is 4.93. The summed E-state index contributed by atoms with van der Waals surface area (Å²) in [6, 6.07) is 14.4. The number of aryl methyl sites for hydroxylation is 1. The molecule has 112 valence electrons. The van der Waals surface area contributed by atoms with Crippen molar-refractivity contribution in [2.45, 2.75) is 26.5 Å². The van der Waals surface area contributed by atoms with Crippen LogP contribution in [0.5, 0.6) is 11.5 Å². The molecular weight excluding hydrogens is 262 g/mol. The Morgan fingerprint density at radius 3 is 2.52 bits per heavy atom. The smallest absolute Gasteiger partial charge is 0.125 e. The number of methoxy groups -OCH3 is 1. The molecule has 0 unspecified atom stereocenters. The van der Waals surface area contributed by atoms with Crippen molar-refractivity contribution < 1.29 is 9.47 Å². The zero-order valence-electron chi connectivity index (χ0n) is 13.0. The van der Waals surface area contributed by atoms with E-state index in [2.05, 4.69) is 30.4 Å². The number of para-hydroxylation sites is 1. The summed E-state index contributed by atoms with van der Waals surface area (Å²) in [5.41, 5.74) is 3.51. The predicted octanol–water partition coefficient (Wildman–Crippen LogP) is 3.56. The van der Waals surface area contributed by atoms with Crippen LogP contribution in [-0.2, 0) is 19.6 Å². The van der Waals surface area contributed by atoms with Crippen molar-refractivity contribution in [1.29, 1.82) is 0 Å². The number of hydrogen-bond donors (Lipinski definition) is 1. The van der Waals surface area contributed by atoms with Gasteiger partial charge >= 0.3 is 0 Å². The standard InChI is InChI=1S/C18H23NO2/c1-4-15-7-5-6-8-18(15)21-13-16-11-14(12-19-2)9-10-17(16)20-3/h5-11,19H,4,12-13H2,1-3H3. The molecule has 21 heavy (non-hydrogen) atoms. The molecule has 2 rings (SSSR count). The quantitative estimate of drug-likeness (QED) is 0.844. The van der Waals surface area contributed by atoms with E-state index in [1.54, 1.807) is 7.11 Å². The van der Waals surface area contributed by atoms with E-state index >= 15 is 0 Å². The maximum Gasteiger partial charge on any atom is 0.125 e.